The van der Waals surface area contributed by atoms with Gasteiger partial charge in [0.1, 0.15) is 0 Å². The van der Waals surface area contributed by atoms with E-state index in [4.69, 9.17) is 0 Å². The number of nitrogens with zero attached hydrogens (tertiary/aromatic N) is 2. The largest absolute Gasteiger partial charge is 0.353 e. The van der Waals surface area contributed by atoms with Crippen molar-refractivity contribution >= 4 is 16.9 Å². The van der Waals surface area contributed by atoms with E-state index in [1.807, 2.05) is 4.57 Å². The molecule has 0 bridgehead atoms. The monoisotopic (exact) mass is 373 g/mol. The average Bonchev–Trinajstić information content (AvgIpc) is 2.93. The van der Waals surface area contributed by atoms with Gasteiger partial charge in [-0.2, -0.15) is 0 Å². The lowest BCUT2D eigenvalue weighted by Crippen LogP contribution is -2.45. The molecule has 1 amide bonds. The van der Waals surface area contributed by atoms with Crippen LogP contribution >= 0.6 is 0 Å². The Morgan fingerprint density at radius 3 is 2.52 bits per heavy atom. The topological polar surface area (TPSA) is 46.9 Å². The van der Waals surface area contributed by atoms with E-state index < -0.39 is 11.6 Å². The van der Waals surface area contributed by atoms with Crippen molar-refractivity contribution in [2.24, 2.45) is 29.6 Å². The molecule has 3 unspecified atom stereocenters. The molecule has 5 atom stereocenters. The van der Waals surface area contributed by atoms with E-state index in [9.17, 15) is 13.6 Å². The van der Waals surface area contributed by atoms with Gasteiger partial charge in [-0.05, 0) is 49.4 Å². The quantitative estimate of drug-likeness (QED) is 0.878. The molecule has 0 saturated heterocycles. The summed E-state index contributed by atoms with van der Waals surface area (Å²) in [5, 5.41) is 3.20. The summed E-state index contributed by atoms with van der Waals surface area (Å²) in [5.74, 6) is 0.871. The fraction of sp³-hybridized carbons (Fsp3) is 0.619. The molecule has 1 aromatic heterocycles. The Morgan fingerprint density at radius 2 is 1.85 bits per heavy atom. The molecule has 2 aromatic rings. The second kappa shape index (κ2) is 6.01. The van der Waals surface area contributed by atoms with Crippen LogP contribution in [0.4, 0.5) is 8.78 Å². The highest BCUT2D eigenvalue weighted by molar-refractivity contribution is 5.79. The van der Waals surface area contributed by atoms with Crippen LogP contribution in [-0.4, -0.2) is 21.5 Å². The molecule has 0 spiro atoms. The van der Waals surface area contributed by atoms with Crippen LogP contribution in [-0.2, 0) is 4.79 Å². The lowest BCUT2D eigenvalue weighted by Gasteiger charge is -2.34. The molecule has 3 aliphatic rings. The Bertz CT molecular complexity index is 892. The Kier molecular flexibility index (Phi) is 3.82. The first-order valence-electron chi connectivity index (χ1n) is 10.0. The number of carbonyl (C=O) groups is 1. The van der Waals surface area contributed by atoms with Crippen molar-refractivity contribution in [3.63, 3.8) is 0 Å². The minimum atomic E-state index is -0.859. The number of rotatable bonds is 4. The van der Waals surface area contributed by atoms with Gasteiger partial charge in [0.15, 0.2) is 11.6 Å². The smallest absolute Gasteiger partial charge is 0.223 e. The molecule has 1 aromatic carbocycles. The van der Waals surface area contributed by atoms with Gasteiger partial charge in [-0.3, -0.25) is 4.79 Å². The zero-order valence-electron chi connectivity index (χ0n) is 15.7. The maximum absolute atomic E-state index is 13.6. The van der Waals surface area contributed by atoms with Crippen LogP contribution < -0.4 is 5.32 Å². The van der Waals surface area contributed by atoms with Crippen LogP contribution in [0.25, 0.3) is 11.0 Å². The van der Waals surface area contributed by atoms with Crippen LogP contribution in [0.5, 0.6) is 0 Å². The molecule has 4 nitrogen and oxygen atoms in total. The standard InChI is InChI=1S/C21H25F2N3O/c1-10-3-12(4-10)25-21(27)11(2)20-14-5-13(6-15(14)20)26-9-24-18-7-16(22)17(23)8-19(18)26/h7-15,20H,3-6H2,1-2H3,(H,25,27)/t10?,11?,12?,13?,14-,15+,20?. The number of imidazole rings is 1. The fourth-order valence-corrected chi connectivity index (χ4v) is 5.67. The second-order valence-electron chi connectivity index (χ2n) is 9.01. The van der Waals surface area contributed by atoms with Gasteiger partial charge < -0.3 is 9.88 Å². The molecule has 3 fully saturated rings. The van der Waals surface area contributed by atoms with E-state index in [1.165, 1.54) is 6.07 Å². The number of halogens is 2. The predicted molar refractivity (Wildman–Crippen MR) is 97.9 cm³/mol. The molecule has 0 aliphatic heterocycles. The van der Waals surface area contributed by atoms with Gasteiger partial charge in [0.25, 0.3) is 0 Å². The maximum atomic E-state index is 13.6. The van der Waals surface area contributed by atoms with Crippen LogP contribution in [0.2, 0.25) is 0 Å². The predicted octanol–water partition coefficient (Wildman–Crippen LogP) is 4.06. The first-order valence-corrected chi connectivity index (χ1v) is 10.0. The number of benzene rings is 1. The summed E-state index contributed by atoms with van der Waals surface area (Å²) in [6.07, 6.45) is 5.86. The number of hydrogen-bond acceptors (Lipinski definition) is 2. The minimum absolute atomic E-state index is 0.0583. The van der Waals surface area contributed by atoms with Crippen molar-refractivity contribution in [3.8, 4) is 0 Å². The summed E-state index contributed by atoms with van der Waals surface area (Å²) in [5.41, 5.74) is 1.15. The van der Waals surface area contributed by atoms with Crippen molar-refractivity contribution in [2.75, 3.05) is 0 Å². The van der Waals surface area contributed by atoms with Crippen molar-refractivity contribution in [3.05, 3.63) is 30.1 Å². The third kappa shape index (κ3) is 2.75. The zero-order valence-corrected chi connectivity index (χ0v) is 15.7. The Balaban J connectivity index is 1.23. The van der Waals surface area contributed by atoms with Gasteiger partial charge in [0, 0.05) is 30.1 Å². The summed E-state index contributed by atoms with van der Waals surface area (Å²) in [4.78, 5) is 16.8. The average molecular weight is 373 g/mol. The lowest BCUT2D eigenvalue weighted by molar-refractivity contribution is -0.127. The van der Waals surface area contributed by atoms with E-state index in [2.05, 4.69) is 24.1 Å². The molecule has 3 saturated carbocycles. The van der Waals surface area contributed by atoms with E-state index >= 15 is 0 Å². The van der Waals surface area contributed by atoms with Gasteiger partial charge in [0.05, 0.1) is 17.4 Å². The molecular weight excluding hydrogens is 348 g/mol. The van der Waals surface area contributed by atoms with Gasteiger partial charge in [0.2, 0.25) is 5.91 Å². The molecular formula is C21H25F2N3O. The lowest BCUT2D eigenvalue weighted by atomic mass is 9.81. The summed E-state index contributed by atoms with van der Waals surface area (Å²) >= 11 is 0. The molecule has 1 heterocycles. The third-order valence-electron chi connectivity index (χ3n) is 7.21. The number of fused-ring (bicyclic) bond motifs is 2. The van der Waals surface area contributed by atoms with Gasteiger partial charge in [-0.1, -0.05) is 13.8 Å². The number of amides is 1. The molecule has 144 valence electrons. The Hall–Kier alpha value is -1.98. The maximum Gasteiger partial charge on any atom is 0.223 e. The highest BCUT2D eigenvalue weighted by Crippen LogP contribution is 2.63. The third-order valence-corrected chi connectivity index (χ3v) is 7.21. The van der Waals surface area contributed by atoms with Crippen molar-refractivity contribution < 1.29 is 13.6 Å². The van der Waals surface area contributed by atoms with Crippen LogP contribution in [0, 0.1) is 41.2 Å². The number of hydrogen-bond donors (Lipinski definition) is 1. The normalized spacial score (nSPS) is 35.6. The summed E-state index contributed by atoms with van der Waals surface area (Å²) < 4.78 is 29.0. The Labute approximate surface area is 157 Å². The Morgan fingerprint density at radius 1 is 1.19 bits per heavy atom. The summed E-state index contributed by atoms with van der Waals surface area (Å²) in [6, 6.07) is 3.03. The van der Waals surface area contributed by atoms with Gasteiger partial charge in [-0.25, -0.2) is 13.8 Å². The van der Waals surface area contributed by atoms with Crippen LogP contribution in [0.1, 0.15) is 45.6 Å². The minimum Gasteiger partial charge on any atom is -0.353 e. The van der Waals surface area contributed by atoms with Gasteiger partial charge in [-0.15, -0.1) is 0 Å². The first kappa shape index (κ1) is 17.1. The first-order chi connectivity index (χ1) is 12.9. The zero-order chi connectivity index (χ0) is 18.9. The van der Waals surface area contributed by atoms with Gasteiger partial charge >= 0.3 is 0 Å². The van der Waals surface area contributed by atoms with Crippen LogP contribution in [0.15, 0.2) is 18.5 Å². The fourth-order valence-electron chi connectivity index (χ4n) is 5.67. The van der Waals surface area contributed by atoms with E-state index in [0.717, 1.165) is 37.7 Å². The SMILES string of the molecule is CC1CC(NC(=O)C(C)C2[C@H]3CC(n4cnc5cc(F)c(F)cc54)C[C@@H]23)C1. The van der Waals surface area contributed by atoms with Crippen molar-refractivity contribution in [1.82, 2.24) is 14.9 Å². The summed E-state index contributed by atoms with van der Waals surface area (Å²) in [6.45, 7) is 4.28. The highest BCUT2D eigenvalue weighted by Gasteiger charge is 2.59. The van der Waals surface area contributed by atoms with E-state index in [0.29, 0.717) is 34.8 Å². The van der Waals surface area contributed by atoms with Crippen molar-refractivity contribution in [1.29, 1.82) is 0 Å². The number of nitrogens with one attached hydrogen (secondary N) is 1. The molecule has 6 heteroatoms. The molecule has 0 radical (unpaired) electrons. The second-order valence-corrected chi connectivity index (χ2v) is 9.01. The van der Waals surface area contributed by atoms with E-state index in [-0.39, 0.29) is 17.9 Å². The highest BCUT2D eigenvalue weighted by atomic mass is 19.2. The summed E-state index contributed by atoms with van der Waals surface area (Å²) in [7, 11) is 0. The van der Waals surface area contributed by atoms with Crippen LogP contribution in [0.3, 0.4) is 0 Å². The number of carbonyl (C=O) groups excluding carboxylic acids is 1. The molecule has 5 rings (SSSR count). The number of aromatic nitrogens is 2. The van der Waals surface area contributed by atoms with Crippen molar-refractivity contribution in [2.45, 2.75) is 51.6 Å². The molecule has 27 heavy (non-hydrogen) atoms. The molecule has 1 N–H and O–H groups in total. The molecule has 3 aliphatic carbocycles. The van der Waals surface area contributed by atoms with E-state index in [1.54, 1.807) is 6.33 Å².